The number of hydrogen-bond acceptors (Lipinski definition) is 2. The normalized spacial score (nSPS) is 11.3. The molecule has 3 aromatic rings. The van der Waals surface area contributed by atoms with Crippen molar-refractivity contribution < 1.29 is 0 Å². The topological polar surface area (TPSA) is 12.9 Å². The lowest BCUT2D eigenvalue weighted by Crippen LogP contribution is -1.78. The molecule has 0 radical (unpaired) electrons. The van der Waals surface area contributed by atoms with E-state index < -0.39 is 0 Å². The zero-order chi connectivity index (χ0) is 10.3. The number of aromatic nitrogens is 1. The lowest BCUT2D eigenvalue weighted by Gasteiger charge is -1.96. The monoisotopic (exact) mass is 213 g/mol. The summed E-state index contributed by atoms with van der Waals surface area (Å²) in [6.45, 7) is 2.20. The first kappa shape index (κ1) is 8.86. The van der Waals surface area contributed by atoms with Gasteiger partial charge >= 0.3 is 0 Å². The number of hydrogen-bond donors (Lipinski definition) is 0. The molecule has 3 rings (SSSR count). The molecule has 0 saturated heterocycles. The van der Waals surface area contributed by atoms with E-state index in [4.69, 9.17) is 0 Å². The lowest BCUT2D eigenvalue weighted by atomic mass is 10.1. The van der Waals surface area contributed by atoms with Gasteiger partial charge in [-0.3, -0.25) is 4.98 Å². The van der Waals surface area contributed by atoms with E-state index >= 15 is 0 Å². The second kappa shape index (κ2) is 3.31. The highest BCUT2D eigenvalue weighted by molar-refractivity contribution is 7.25. The molecular formula is C13H11NS. The van der Waals surface area contributed by atoms with E-state index in [0.717, 1.165) is 11.9 Å². The molecule has 0 saturated carbocycles. The molecule has 2 heteroatoms. The molecule has 1 aromatic carbocycles. The van der Waals surface area contributed by atoms with Gasteiger partial charge in [0.05, 0.1) is 10.2 Å². The van der Waals surface area contributed by atoms with Crippen LogP contribution in [0.1, 0.15) is 12.5 Å². The van der Waals surface area contributed by atoms with Crippen LogP contribution >= 0.6 is 11.3 Å². The molecule has 0 aliphatic carbocycles. The number of fused-ring (bicyclic) bond motifs is 3. The zero-order valence-corrected chi connectivity index (χ0v) is 9.34. The standard InChI is InChI=1S/C13H11NS/c1-2-9-5-3-6-10-12-11(15-13(9)10)7-4-8-14-12/h3-8H,2H2,1H3. The largest absolute Gasteiger partial charge is 0.255 e. The fourth-order valence-corrected chi connectivity index (χ4v) is 3.20. The third kappa shape index (κ3) is 1.25. The Kier molecular flexibility index (Phi) is 1.96. The molecular weight excluding hydrogens is 202 g/mol. The van der Waals surface area contributed by atoms with Gasteiger partial charge in [0, 0.05) is 16.3 Å². The SMILES string of the molecule is CCc1cccc2c1sc1cccnc12. The molecule has 1 nitrogen and oxygen atoms in total. The van der Waals surface area contributed by atoms with Gasteiger partial charge in [0.1, 0.15) is 0 Å². The number of aryl methyl sites for hydroxylation is 1. The van der Waals surface area contributed by atoms with Crippen LogP contribution in [0.2, 0.25) is 0 Å². The Hall–Kier alpha value is -1.41. The molecule has 0 unspecified atom stereocenters. The quantitative estimate of drug-likeness (QED) is 0.595. The molecule has 74 valence electrons. The Labute approximate surface area is 92.4 Å². The summed E-state index contributed by atoms with van der Waals surface area (Å²) in [6, 6.07) is 10.6. The van der Waals surface area contributed by atoms with Gasteiger partial charge in [-0.05, 0) is 24.1 Å². The number of pyridine rings is 1. The summed E-state index contributed by atoms with van der Waals surface area (Å²) in [5, 5.41) is 1.30. The number of nitrogens with zero attached hydrogens (tertiary/aromatic N) is 1. The van der Waals surface area contributed by atoms with E-state index in [2.05, 4.69) is 36.2 Å². The van der Waals surface area contributed by atoms with E-state index in [-0.39, 0.29) is 0 Å². The van der Waals surface area contributed by atoms with Crippen LogP contribution in [-0.4, -0.2) is 4.98 Å². The van der Waals surface area contributed by atoms with Crippen LogP contribution in [0.3, 0.4) is 0 Å². The summed E-state index contributed by atoms with van der Waals surface area (Å²) < 4.78 is 2.68. The van der Waals surface area contributed by atoms with Crippen molar-refractivity contribution in [2.45, 2.75) is 13.3 Å². The van der Waals surface area contributed by atoms with Gasteiger partial charge in [0.15, 0.2) is 0 Å². The highest BCUT2D eigenvalue weighted by Gasteiger charge is 2.07. The van der Waals surface area contributed by atoms with Crippen molar-refractivity contribution >= 4 is 31.6 Å². The number of benzene rings is 1. The van der Waals surface area contributed by atoms with Gasteiger partial charge in [-0.1, -0.05) is 25.1 Å². The second-order valence-electron chi connectivity index (χ2n) is 3.60. The minimum Gasteiger partial charge on any atom is -0.255 e. The summed E-state index contributed by atoms with van der Waals surface area (Å²) in [7, 11) is 0. The molecule has 15 heavy (non-hydrogen) atoms. The molecule has 0 atom stereocenters. The molecule has 2 heterocycles. The van der Waals surface area contributed by atoms with Crippen LogP contribution in [0.25, 0.3) is 20.3 Å². The summed E-state index contributed by atoms with van der Waals surface area (Å²) in [5.41, 5.74) is 2.57. The van der Waals surface area contributed by atoms with Gasteiger partial charge < -0.3 is 0 Å². The summed E-state index contributed by atoms with van der Waals surface area (Å²) in [4.78, 5) is 4.46. The molecule has 0 aliphatic heterocycles. The third-order valence-electron chi connectivity index (χ3n) is 2.72. The first-order valence-electron chi connectivity index (χ1n) is 5.15. The molecule has 0 spiro atoms. The average Bonchev–Trinajstić information content (AvgIpc) is 2.67. The van der Waals surface area contributed by atoms with Crippen molar-refractivity contribution in [3.8, 4) is 0 Å². The van der Waals surface area contributed by atoms with Gasteiger partial charge in [-0.2, -0.15) is 0 Å². The molecule has 2 aromatic heterocycles. The van der Waals surface area contributed by atoms with Crippen LogP contribution < -0.4 is 0 Å². The third-order valence-corrected chi connectivity index (χ3v) is 3.95. The maximum absolute atomic E-state index is 4.46. The zero-order valence-electron chi connectivity index (χ0n) is 8.53. The predicted molar refractivity (Wildman–Crippen MR) is 66.5 cm³/mol. The summed E-state index contributed by atoms with van der Waals surface area (Å²) in [6.07, 6.45) is 2.96. The molecule has 0 fully saturated rings. The molecule has 0 amide bonds. The minimum absolute atomic E-state index is 1.09. The van der Waals surface area contributed by atoms with Gasteiger partial charge in [-0.25, -0.2) is 0 Å². The summed E-state index contributed by atoms with van der Waals surface area (Å²) in [5.74, 6) is 0. The summed E-state index contributed by atoms with van der Waals surface area (Å²) >= 11 is 1.85. The first-order chi connectivity index (χ1) is 7.40. The van der Waals surface area contributed by atoms with Crippen molar-refractivity contribution in [3.63, 3.8) is 0 Å². The Morgan fingerprint density at radius 3 is 3.00 bits per heavy atom. The van der Waals surface area contributed by atoms with Crippen LogP contribution in [0, 0.1) is 0 Å². The fourth-order valence-electron chi connectivity index (χ4n) is 1.96. The van der Waals surface area contributed by atoms with Crippen molar-refractivity contribution in [3.05, 3.63) is 42.1 Å². The molecule has 0 bridgehead atoms. The number of thiophene rings is 1. The van der Waals surface area contributed by atoms with Crippen LogP contribution in [-0.2, 0) is 6.42 Å². The highest BCUT2D eigenvalue weighted by Crippen LogP contribution is 2.34. The fraction of sp³-hybridized carbons (Fsp3) is 0.154. The number of rotatable bonds is 1. The Morgan fingerprint density at radius 2 is 2.13 bits per heavy atom. The van der Waals surface area contributed by atoms with Crippen molar-refractivity contribution in [1.82, 2.24) is 4.98 Å². The smallest absolute Gasteiger partial charge is 0.0888 e. The predicted octanol–water partition coefficient (Wildman–Crippen LogP) is 4.01. The van der Waals surface area contributed by atoms with Crippen molar-refractivity contribution in [1.29, 1.82) is 0 Å². The Balaban J connectivity index is 2.53. The average molecular weight is 213 g/mol. The Morgan fingerprint density at radius 1 is 1.20 bits per heavy atom. The van der Waals surface area contributed by atoms with Gasteiger partial charge in [0.2, 0.25) is 0 Å². The van der Waals surface area contributed by atoms with Crippen molar-refractivity contribution in [2.24, 2.45) is 0 Å². The van der Waals surface area contributed by atoms with E-state index in [1.54, 1.807) is 0 Å². The van der Waals surface area contributed by atoms with Crippen LogP contribution in [0.5, 0.6) is 0 Å². The maximum atomic E-state index is 4.46. The second-order valence-corrected chi connectivity index (χ2v) is 4.65. The maximum Gasteiger partial charge on any atom is 0.0888 e. The van der Waals surface area contributed by atoms with E-state index in [0.29, 0.717) is 0 Å². The molecule has 0 N–H and O–H groups in total. The van der Waals surface area contributed by atoms with Crippen LogP contribution in [0.4, 0.5) is 0 Å². The van der Waals surface area contributed by atoms with E-state index in [9.17, 15) is 0 Å². The van der Waals surface area contributed by atoms with Crippen LogP contribution in [0.15, 0.2) is 36.5 Å². The minimum atomic E-state index is 1.09. The van der Waals surface area contributed by atoms with Crippen molar-refractivity contribution in [2.75, 3.05) is 0 Å². The van der Waals surface area contributed by atoms with E-state index in [1.165, 1.54) is 20.3 Å². The highest BCUT2D eigenvalue weighted by atomic mass is 32.1. The first-order valence-corrected chi connectivity index (χ1v) is 5.97. The van der Waals surface area contributed by atoms with E-state index in [1.807, 2.05) is 23.6 Å². The molecule has 0 aliphatic rings. The van der Waals surface area contributed by atoms with Gasteiger partial charge in [0.25, 0.3) is 0 Å². The lowest BCUT2D eigenvalue weighted by molar-refractivity contribution is 1.16. The van der Waals surface area contributed by atoms with Gasteiger partial charge in [-0.15, -0.1) is 11.3 Å². The Bertz CT molecular complexity index is 625.